The number of thiazole rings is 1. The normalized spacial score (nSPS) is 11.3. The van der Waals surface area contributed by atoms with E-state index < -0.39 is 5.97 Å². The fourth-order valence-corrected chi connectivity index (χ4v) is 2.64. The van der Waals surface area contributed by atoms with Gasteiger partial charge in [-0.05, 0) is 26.0 Å². The maximum atomic E-state index is 11.1. The van der Waals surface area contributed by atoms with Crippen LogP contribution in [-0.4, -0.2) is 29.2 Å². The molecule has 0 aliphatic heterocycles. The molecule has 0 atom stereocenters. The van der Waals surface area contributed by atoms with Gasteiger partial charge >= 0.3 is 5.97 Å². The van der Waals surface area contributed by atoms with Crippen LogP contribution in [0.3, 0.4) is 0 Å². The van der Waals surface area contributed by atoms with Crippen LogP contribution < -0.4 is 10.1 Å². The van der Waals surface area contributed by atoms with Crippen molar-refractivity contribution in [2.75, 3.05) is 13.2 Å². The third kappa shape index (κ3) is 4.03. The van der Waals surface area contributed by atoms with Gasteiger partial charge in [0, 0.05) is 18.1 Å². The lowest BCUT2D eigenvalue weighted by atomic mass is 10.1. The van der Waals surface area contributed by atoms with Crippen molar-refractivity contribution in [3.8, 4) is 5.75 Å². The van der Waals surface area contributed by atoms with E-state index in [2.05, 4.69) is 24.1 Å². The SMILES string of the molecule is CC(C)(NCCOc1ccccc1C(=O)O)c1nccs1. The number of benzene rings is 1. The maximum absolute atomic E-state index is 11.1. The highest BCUT2D eigenvalue weighted by Gasteiger charge is 2.22. The summed E-state index contributed by atoms with van der Waals surface area (Å²) in [6.07, 6.45) is 1.78. The van der Waals surface area contributed by atoms with Gasteiger partial charge in [0.15, 0.2) is 0 Å². The molecule has 21 heavy (non-hydrogen) atoms. The van der Waals surface area contributed by atoms with E-state index in [1.165, 1.54) is 6.07 Å². The molecule has 2 aromatic rings. The van der Waals surface area contributed by atoms with E-state index in [1.54, 1.807) is 35.7 Å². The van der Waals surface area contributed by atoms with Crippen LogP contribution in [0.25, 0.3) is 0 Å². The van der Waals surface area contributed by atoms with Crippen molar-refractivity contribution in [3.05, 3.63) is 46.4 Å². The molecular formula is C15H18N2O3S. The van der Waals surface area contributed by atoms with Gasteiger partial charge in [-0.1, -0.05) is 12.1 Å². The number of nitrogens with one attached hydrogen (secondary N) is 1. The zero-order chi connectivity index (χ0) is 15.3. The topological polar surface area (TPSA) is 71.5 Å². The zero-order valence-electron chi connectivity index (χ0n) is 12.0. The van der Waals surface area contributed by atoms with Crippen LogP contribution in [-0.2, 0) is 5.54 Å². The van der Waals surface area contributed by atoms with Crippen LogP contribution in [0.1, 0.15) is 29.2 Å². The monoisotopic (exact) mass is 306 g/mol. The summed E-state index contributed by atoms with van der Waals surface area (Å²) < 4.78 is 5.55. The van der Waals surface area contributed by atoms with Gasteiger partial charge in [-0.25, -0.2) is 9.78 Å². The van der Waals surface area contributed by atoms with E-state index in [1.807, 2.05) is 5.38 Å². The highest BCUT2D eigenvalue weighted by molar-refractivity contribution is 7.09. The fourth-order valence-electron chi connectivity index (χ4n) is 1.90. The van der Waals surface area contributed by atoms with Crippen LogP contribution >= 0.6 is 11.3 Å². The van der Waals surface area contributed by atoms with Gasteiger partial charge in [-0.15, -0.1) is 11.3 Å². The lowest BCUT2D eigenvalue weighted by Gasteiger charge is -2.24. The lowest BCUT2D eigenvalue weighted by Crippen LogP contribution is -2.38. The van der Waals surface area contributed by atoms with Gasteiger partial charge in [-0.3, -0.25) is 0 Å². The summed E-state index contributed by atoms with van der Waals surface area (Å²) in [5, 5.41) is 15.4. The average molecular weight is 306 g/mol. The van der Waals surface area contributed by atoms with Crippen LogP contribution in [0.5, 0.6) is 5.75 Å². The highest BCUT2D eigenvalue weighted by Crippen LogP contribution is 2.22. The van der Waals surface area contributed by atoms with Crippen LogP contribution in [0.2, 0.25) is 0 Å². The van der Waals surface area contributed by atoms with Crippen molar-refractivity contribution in [2.45, 2.75) is 19.4 Å². The molecule has 0 aliphatic rings. The quantitative estimate of drug-likeness (QED) is 0.770. The highest BCUT2D eigenvalue weighted by atomic mass is 32.1. The minimum atomic E-state index is -0.985. The number of hydrogen-bond donors (Lipinski definition) is 2. The second-order valence-corrected chi connectivity index (χ2v) is 5.93. The molecule has 1 heterocycles. The van der Waals surface area contributed by atoms with Gasteiger partial charge in [0.2, 0.25) is 0 Å². The molecular weight excluding hydrogens is 288 g/mol. The predicted molar refractivity (Wildman–Crippen MR) is 82.0 cm³/mol. The van der Waals surface area contributed by atoms with Gasteiger partial charge in [0.05, 0.1) is 5.54 Å². The van der Waals surface area contributed by atoms with E-state index >= 15 is 0 Å². The Bertz CT molecular complexity index is 597. The van der Waals surface area contributed by atoms with Crippen molar-refractivity contribution in [1.29, 1.82) is 0 Å². The van der Waals surface area contributed by atoms with E-state index in [0.717, 1.165) is 5.01 Å². The molecule has 0 fully saturated rings. The number of para-hydroxylation sites is 1. The van der Waals surface area contributed by atoms with Crippen molar-refractivity contribution < 1.29 is 14.6 Å². The standard InChI is InChI=1S/C15H18N2O3S/c1-15(2,14-16-8-10-21-14)17-7-9-20-12-6-4-3-5-11(12)13(18)19/h3-6,8,10,17H,7,9H2,1-2H3,(H,18,19). The van der Waals surface area contributed by atoms with Gasteiger partial charge in [0.25, 0.3) is 0 Å². The summed E-state index contributed by atoms with van der Waals surface area (Å²) >= 11 is 1.60. The van der Waals surface area contributed by atoms with Gasteiger partial charge in [-0.2, -0.15) is 0 Å². The molecule has 0 amide bonds. The second-order valence-electron chi connectivity index (χ2n) is 5.04. The van der Waals surface area contributed by atoms with E-state index in [4.69, 9.17) is 9.84 Å². The Hall–Kier alpha value is -1.92. The Labute approximate surface area is 127 Å². The van der Waals surface area contributed by atoms with Gasteiger partial charge < -0.3 is 15.2 Å². The summed E-state index contributed by atoms with van der Waals surface area (Å²) in [4.78, 5) is 15.4. The number of aromatic carboxylic acids is 1. The first kappa shape index (κ1) is 15.5. The predicted octanol–water partition coefficient (Wildman–Crippen LogP) is 2.75. The Balaban J connectivity index is 1.87. The molecule has 0 aliphatic carbocycles. The van der Waals surface area contributed by atoms with Crippen LogP contribution in [0, 0.1) is 0 Å². The minimum Gasteiger partial charge on any atom is -0.491 e. The second kappa shape index (κ2) is 6.69. The molecule has 0 saturated carbocycles. The molecule has 0 bridgehead atoms. The third-order valence-corrected chi connectivity index (χ3v) is 4.11. The molecule has 0 radical (unpaired) electrons. The molecule has 0 unspecified atom stereocenters. The largest absolute Gasteiger partial charge is 0.491 e. The van der Waals surface area contributed by atoms with Crippen LogP contribution in [0.15, 0.2) is 35.8 Å². The number of carboxylic acid groups (broad SMARTS) is 1. The molecule has 5 nitrogen and oxygen atoms in total. The Morgan fingerprint density at radius 1 is 1.43 bits per heavy atom. The first-order chi connectivity index (χ1) is 10.0. The number of hydrogen-bond acceptors (Lipinski definition) is 5. The minimum absolute atomic E-state index is 0.177. The molecule has 2 rings (SSSR count). The molecule has 0 spiro atoms. The fraction of sp³-hybridized carbons (Fsp3) is 0.333. The number of carbonyl (C=O) groups is 1. The zero-order valence-corrected chi connectivity index (χ0v) is 12.8. The van der Waals surface area contributed by atoms with Crippen molar-refractivity contribution in [2.24, 2.45) is 0 Å². The molecule has 1 aromatic heterocycles. The van der Waals surface area contributed by atoms with Crippen molar-refractivity contribution in [1.82, 2.24) is 10.3 Å². The number of nitrogens with zero attached hydrogens (tertiary/aromatic N) is 1. The third-order valence-electron chi connectivity index (χ3n) is 3.01. The summed E-state index contributed by atoms with van der Waals surface area (Å²) in [7, 11) is 0. The number of aromatic nitrogens is 1. The number of ether oxygens (including phenoxy) is 1. The molecule has 0 saturated heterocycles. The summed E-state index contributed by atoms with van der Waals surface area (Å²) in [5.74, 6) is -0.597. The Morgan fingerprint density at radius 3 is 2.86 bits per heavy atom. The van der Waals surface area contributed by atoms with E-state index in [9.17, 15) is 4.79 Å². The first-order valence-electron chi connectivity index (χ1n) is 6.61. The molecule has 2 N–H and O–H groups in total. The van der Waals surface area contributed by atoms with Crippen molar-refractivity contribution >= 4 is 17.3 Å². The Kier molecular flexibility index (Phi) is 4.93. The summed E-state index contributed by atoms with van der Waals surface area (Å²) in [6, 6.07) is 6.63. The molecule has 112 valence electrons. The number of carboxylic acids is 1. The molecule has 1 aromatic carbocycles. The smallest absolute Gasteiger partial charge is 0.339 e. The van der Waals surface area contributed by atoms with E-state index in [0.29, 0.717) is 18.9 Å². The van der Waals surface area contributed by atoms with Crippen molar-refractivity contribution in [3.63, 3.8) is 0 Å². The van der Waals surface area contributed by atoms with Crippen LogP contribution in [0.4, 0.5) is 0 Å². The first-order valence-corrected chi connectivity index (χ1v) is 7.49. The molecule has 6 heteroatoms. The Morgan fingerprint density at radius 2 is 2.19 bits per heavy atom. The van der Waals surface area contributed by atoms with Gasteiger partial charge in [0.1, 0.15) is 22.9 Å². The van der Waals surface area contributed by atoms with E-state index in [-0.39, 0.29) is 11.1 Å². The summed E-state index contributed by atoms with van der Waals surface area (Å²) in [6.45, 7) is 5.09. The lowest BCUT2D eigenvalue weighted by molar-refractivity contribution is 0.0692. The summed E-state index contributed by atoms with van der Waals surface area (Å²) in [5.41, 5.74) is -0.0548. The average Bonchev–Trinajstić information content (AvgIpc) is 2.99. The maximum Gasteiger partial charge on any atom is 0.339 e. The number of rotatable bonds is 7.